The first kappa shape index (κ1) is 21.3. The Bertz CT molecular complexity index is 782. The Balaban J connectivity index is 1.90. The second kappa shape index (κ2) is 10.4. The molecule has 0 radical (unpaired) electrons. The predicted molar refractivity (Wildman–Crippen MR) is 102 cm³/mol. The molecule has 0 saturated carbocycles. The summed E-state index contributed by atoms with van der Waals surface area (Å²) in [5.74, 6) is -0.998. The molecule has 0 fully saturated rings. The molecule has 0 saturated heterocycles. The molecular formula is C20H23F2N3O3. The number of halogens is 2. The van der Waals surface area contributed by atoms with Crippen LogP contribution in [0.4, 0.5) is 14.5 Å². The van der Waals surface area contributed by atoms with Crippen molar-refractivity contribution in [2.24, 2.45) is 5.73 Å². The fourth-order valence-electron chi connectivity index (χ4n) is 2.49. The summed E-state index contributed by atoms with van der Waals surface area (Å²) in [6.45, 7) is 0.950. The number of primary amides is 1. The molecule has 2 amide bonds. The van der Waals surface area contributed by atoms with Gasteiger partial charge in [0.15, 0.2) is 0 Å². The third-order valence-electron chi connectivity index (χ3n) is 3.98. The lowest BCUT2D eigenvalue weighted by atomic mass is 10.2. The number of amides is 2. The first-order valence-electron chi connectivity index (χ1n) is 8.76. The van der Waals surface area contributed by atoms with Crippen LogP contribution in [0.1, 0.15) is 6.42 Å². The van der Waals surface area contributed by atoms with Crippen LogP contribution in [-0.2, 0) is 9.59 Å². The van der Waals surface area contributed by atoms with Crippen LogP contribution in [0.15, 0.2) is 48.5 Å². The van der Waals surface area contributed by atoms with Crippen molar-refractivity contribution in [1.82, 2.24) is 4.90 Å². The average molecular weight is 391 g/mol. The average Bonchev–Trinajstić information content (AvgIpc) is 2.64. The molecule has 6 nitrogen and oxygen atoms in total. The third-order valence-corrected chi connectivity index (χ3v) is 3.98. The van der Waals surface area contributed by atoms with Crippen LogP contribution in [0.2, 0.25) is 0 Å². The number of anilines is 1. The molecule has 8 heteroatoms. The molecule has 0 aliphatic heterocycles. The second-order valence-corrected chi connectivity index (χ2v) is 6.28. The zero-order chi connectivity index (χ0) is 20.5. The van der Waals surface area contributed by atoms with Gasteiger partial charge in [0.2, 0.25) is 11.8 Å². The van der Waals surface area contributed by atoms with Crippen molar-refractivity contribution in [2.45, 2.75) is 6.42 Å². The highest BCUT2D eigenvalue weighted by atomic mass is 19.1. The number of carbonyl (C=O) groups excluding carboxylic acids is 2. The van der Waals surface area contributed by atoms with Crippen molar-refractivity contribution >= 4 is 17.5 Å². The van der Waals surface area contributed by atoms with Crippen molar-refractivity contribution in [3.8, 4) is 5.75 Å². The quantitative estimate of drug-likeness (QED) is 0.674. The Morgan fingerprint density at radius 1 is 0.964 bits per heavy atom. The van der Waals surface area contributed by atoms with Crippen LogP contribution in [0.25, 0.3) is 0 Å². The molecule has 0 aliphatic carbocycles. The normalized spacial score (nSPS) is 10.7. The van der Waals surface area contributed by atoms with Gasteiger partial charge in [0.05, 0.1) is 6.54 Å². The van der Waals surface area contributed by atoms with E-state index >= 15 is 0 Å². The monoisotopic (exact) mass is 391 g/mol. The van der Waals surface area contributed by atoms with E-state index in [4.69, 9.17) is 10.5 Å². The van der Waals surface area contributed by atoms with Crippen molar-refractivity contribution in [3.05, 3.63) is 60.2 Å². The van der Waals surface area contributed by atoms with Gasteiger partial charge in [-0.15, -0.1) is 0 Å². The predicted octanol–water partition coefficient (Wildman–Crippen LogP) is 2.18. The van der Waals surface area contributed by atoms with Crippen LogP contribution < -0.4 is 15.4 Å². The Kier molecular flexibility index (Phi) is 7.88. The zero-order valence-corrected chi connectivity index (χ0v) is 15.6. The lowest BCUT2D eigenvalue weighted by Crippen LogP contribution is -2.41. The van der Waals surface area contributed by atoms with Crippen molar-refractivity contribution in [3.63, 3.8) is 0 Å². The van der Waals surface area contributed by atoms with Gasteiger partial charge >= 0.3 is 0 Å². The molecule has 0 spiro atoms. The molecule has 0 bridgehead atoms. The van der Waals surface area contributed by atoms with E-state index in [-0.39, 0.29) is 31.2 Å². The summed E-state index contributed by atoms with van der Waals surface area (Å²) in [7, 11) is 1.75. The third kappa shape index (κ3) is 6.96. The minimum absolute atomic E-state index is 0.000505. The number of carbonyl (C=O) groups is 2. The standard InChI is InChI=1S/C20H23F2N3O3/c1-24(12-13-28-18-8-4-16(22)5-9-18)14-20(27)25(11-10-19(23)26)17-6-2-15(21)3-7-17/h2-9H,10-14H2,1H3,(H2,23,26). The molecule has 2 aromatic rings. The summed E-state index contributed by atoms with van der Waals surface area (Å²) in [6, 6.07) is 11.1. The zero-order valence-electron chi connectivity index (χ0n) is 15.6. The van der Waals surface area contributed by atoms with Gasteiger partial charge in [0.25, 0.3) is 0 Å². The van der Waals surface area contributed by atoms with Crippen LogP contribution in [0.3, 0.4) is 0 Å². The molecule has 0 unspecified atom stereocenters. The lowest BCUT2D eigenvalue weighted by molar-refractivity contribution is -0.119. The minimum atomic E-state index is -0.527. The van der Waals surface area contributed by atoms with Crippen molar-refractivity contribution in [1.29, 1.82) is 0 Å². The number of rotatable bonds is 10. The molecule has 0 aliphatic rings. The summed E-state index contributed by atoms with van der Waals surface area (Å²) < 4.78 is 31.5. The second-order valence-electron chi connectivity index (χ2n) is 6.28. The van der Waals surface area contributed by atoms with E-state index in [2.05, 4.69) is 0 Å². The lowest BCUT2D eigenvalue weighted by Gasteiger charge is -2.25. The summed E-state index contributed by atoms with van der Waals surface area (Å²) >= 11 is 0. The van der Waals surface area contributed by atoms with Crippen LogP contribution in [0, 0.1) is 11.6 Å². The Hall–Kier alpha value is -3.00. The largest absolute Gasteiger partial charge is 0.492 e. The van der Waals surface area contributed by atoms with Gasteiger partial charge in [-0.25, -0.2) is 8.78 Å². The highest BCUT2D eigenvalue weighted by Crippen LogP contribution is 2.16. The maximum Gasteiger partial charge on any atom is 0.241 e. The van der Waals surface area contributed by atoms with Gasteiger partial charge in [-0.05, 0) is 55.6 Å². The van der Waals surface area contributed by atoms with Gasteiger partial charge in [0, 0.05) is 25.2 Å². The number of ether oxygens (including phenoxy) is 1. The highest BCUT2D eigenvalue weighted by molar-refractivity contribution is 5.95. The molecule has 0 atom stereocenters. The first-order valence-corrected chi connectivity index (χ1v) is 8.76. The SMILES string of the molecule is CN(CCOc1ccc(F)cc1)CC(=O)N(CCC(N)=O)c1ccc(F)cc1. The van der Waals surface area contributed by atoms with Gasteiger partial charge in [-0.1, -0.05) is 0 Å². The smallest absolute Gasteiger partial charge is 0.241 e. The van der Waals surface area contributed by atoms with Crippen LogP contribution >= 0.6 is 0 Å². The fourth-order valence-corrected chi connectivity index (χ4v) is 2.49. The van der Waals surface area contributed by atoms with Gasteiger partial charge < -0.3 is 15.4 Å². The Morgan fingerprint density at radius 2 is 1.54 bits per heavy atom. The van der Waals surface area contributed by atoms with Crippen LogP contribution in [-0.4, -0.2) is 50.0 Å². The molecular weight excluding hydrogens is 368 g/mol. The summed E-state index contributed by atoms with van der Waals surface area (Å²) in [4.78, 5) is 26.9. The molecule has 2 aromatic carbocycles. The number of nitrogens with zero attached hydrogens (tertiary/aromatic N) is 2. The first-order chi connectivity index (χ1) is 13.3. The summed E-state index contributed by atoms with van der Waals surface area (Å²) in [5, 5.41) is 0. The highest BCUT2D eigenvalue weighted by Gasteiger charge is 2.18. The van der Waals surface area contributed by atoms with Gasteiger partial charge in [-0.3, -0.25) is 14.5 Å². The summed E-state index contributed by atoms with van der Waals surface area (Å²) in [6.07, 6.45) is 0.000505. The van der Waals surface area contributed by atoms with E-state index in [1.807, 2.05) is 0 Å². The van der Waals surface area contributed by atoms with E-state index in [1.165, 1.54) is 53.4 Å². The molecule has 28 heavy (non-hydrogen) atoms. The Morgan fingerprint density at radius 3 is 2.11 bits per heavy atom. The van der Waals surface area contributed by atoms with E-state index in [1.54, 1.807) is 11.9 Å². The molecule has 2 N–H and O–H groups in total. The van der Waals surface area contributed by atoms with E-state index < -0.39 is 11.7 Å². The van der Waals surface area contributed by atoms with Crippen molar-refractivity contribution < 1.29 is 23.1 Å². The molecule has 150 valence electrons. The number of hydrogen-bond donors (Lipinski definition) is 1. The molecule has 0 aromatic heterocycles. The minimum Gasteiger partial charge on any atom is -0.492 e. The van der Waals surface area contributed by atoms with Crippen molar-refractivity contribution in [2.75, 3.05) is 38.2 Å². The molecule has 2 rings (SSSR count). The fraction of sp³-hybridized carbons (Fsp3) is 0.300. The number of likely N-dealkylation sites (N-methyl/N-ethyl adjacent to an activating group) is 1. The van der Waals surface area contributed by atoms with Gasteiger partial charge in [0.1, 0.15) is 24.0 Å². The summed E-state index contributed by atoms with van der Waals surface area (Å²) in [5.41, 5.74) is 5.68. The van der Waals surface area contributed by atoms with E-state index in [0.29, 0.717) is 24.6 Å². The molecule has 0 heterocycles. The maximum atomic E-state index is 13.2. The van der Waals surface area contributed by atoms with Crippen LogP contribution in [0.5, 0.6) is 5.75 Å². The number of benzene rings is 2. The maximum absolute atomic E-state index is 13.2. The van der Waals surface area contributed by atoms with E-state index in [9.17, 15) is 18.4 Å². The van der Waals surface area contributed by atoms with Gasteiger partial charge in [-0.2, -0.15) is 0 Å². The topological polar surface area (TPSA) is 75.9 Å². The number of hydrogen-bond acceptors (Lipinski definition) is 4. The Labute approximate surface area is 162 Å². The number of nitrogens with two attached hydrogens (primary N) is 1. The van der Waals surface area contributed by atoms with E-state index in [0.717, 1.165) is 0 Å².